The van der Waals surface area contributed by atoms with Gasteiger partial charge >= 0.3 is 0 Å². The molecule has 21 heavy (non-hydrogen) atoms. The molecule has 0 unspecified atom stereocenters. The first-order valence-corrected chi connectivity index (χ1v) is 7.60. The van der Waals surface area contributed by atoms with Crippen LogP contribution < -0.4 is 15.1 Å². The molecule has 1 heterocycles. The normalized spacial score (nSPS) is 11.3. The standard InChI is InChI=1S/C17H24N2O2/c1-5-6-9-21-13-7-8-16-14(10-13)17(20)15(11-19(3)4)12(2)18-16/h7-8,10H,5-6,9,11H2,1-4H3,(H,18,20)/p+1. The maximum atomic E-state index is 12.7. The lowest BCUT2D eigenvalue weighted by molar-refractivity contribution is -0.872. The van der Waals surface area contributed by atoms with Gasteiger partial charge in [0.25, 0.3) is 0 Å². The lowest BCUT2D eigenvalue weighted by Crippen LogP contribution is -3.04. The lowest BCUT2D eigenvalue weighted by atomic mass is 10.1. The Balaban J connectivity index is 2.42. The molecule has 0 amide bonds. The van der Waals surface area contributed by atoms with Gasteiger partial charge in [0.05, 0.1) is 26.3 Å². The SMILES string of the molecule is CCCCOc1ccc2[nH]c(C)c(C[NH+](C)C)c(=O)c2c1. The smallest absolute Gasteiger partial charge is 0.198 e. The lowest BCUT2D eigenvalue weighted by Gasteiger charge is -2.12. The van der Waals surface area contributed by atoms with Crippen LogP contribution in [0.4, 0.5) is 0 Å². The van der Waals surface area contributed by atoms with E-state index in [4.69, 9.17) is 4.74 Å². The second-order valence-corrected chi connectivity index (χ2v) is 5.85. The molecule has 0 aliphatic rings. The van der Waals surface area contributed by atoms with Gasteiger partial charge in [0.1, 0.15) is 12.3 Å². The number of benzene rings is 1. The first-order valence-electron chi connectivity index (χ1n) is 7.60. The Morgan fingerprint density at radius 1 is 1.29 bits per heavy atom. The highest BCUT2D eigenvalue weighted by Crippen LogP contribution is 2.18. The van der Waals surface area contributed by atoms with Gasteiger partial charge in [0.15, 0.2) is 5.43 Å². The van der Waals surface area contributed by atoms with Crippen molar-refractivity contribution in [3.63, 3.8) is 0 Å². The largest absolute Gasteiger partial charge is 0.494 e. The highest BCUT2D eigenvalue weighted by atomic mass is 16.5. The summed E-state index contributed by atoms with van der Waals surface area (Å²) in [6, 6.07) is 5.71. The van der Waals surface area contributed by atoms with Crippen molar-refractivity contribution in [2.24, 2.45) is 0 Å². The predicted octanol–water partition coefficient (Wildman–Crippen LogP) is 1.66. The van der Waals surface area contributed by atoms with E-state index in [-0.39, 0.29) is 5.43 Å². The van der Waals surface area contributed by atoms with E-state index in [0.29, 0.717) is 12.0 Å². The van der Waals surface area contributed by atoms with Crippen LogP contribution in [0.25, 0.3) is 10.9 Å². The molecule has 0 aliphatic heterocycles. The minimum atomic E-state index is 0.114. The van der Waals surface area contributed by atoms with Gasteiger partial charge < -0.3 is 14.6 Å². The zero-order chi connectivity index (χ0) is 15.4. The molecule has 0 fully saturated rings. The molecular formula is C17H25N2O2+. The van der Waals surface area contributed by atoms with E-state index in [1.165, 1.54) is 4.90 Å². The predicted molar refractivity (Wildman–Crippen MR) is 86.2 cm³/mol. The molecule has 2 N–H and O–H groups in total. The van der Waals surface area contributed by atoms with Crippen molar-refractivity contribution in [2.45, 2.75) is 33.2 Å². The Kier molecular flexibility index (Phi) is 5.02. The quantitative estimate of drug-likeness (QED) is 0.795. The minimum Gasteiger partial charge on any atom is -0.494 e. The number of pyridine rings is 1. The zero-order valence-corrected chi connectivity index (χ0v) is 13.4. The van der Waals surface area contributed by atoms with Crippen LogP contribution in [0.15, 0.2) is 23.0 Å². The number of aromatic nitrogens is 1. The van der Waals surface area contributed by atoms with E-state index < -0.39 is 0 Å². The monoisotopic (exact) mass is 289 g/mol. The van der Waals surface area contributed by atoms with Crippen LogP contribution in [-0.4, -0.2) is 25.7 Å². The number of hydrogen-bond acceptors (Lipinski definition) is 2. The molecule has 0 spiro atoms. The van der Waals surface area contributed by atoms with Gasteiger partial charge in [-0.3, -0.25) is 4.79 Å². The third-order valence-electron chi connectivity index (χ3n) is 3.58. The molecule has 4 heteroatoms. The maximum absolute atomic E-state index is 12.7. The third-order valence-corrected chi connectivity index (χ3v) is 3.58. The van der Waals surface area contributed by atoms with E-state index in [9.17, 15) is 4.79 Å². The zero-order valence-electron chi connectivity index (χ0n) is 13.4. The fraction of sp³-hybridized carbons (Fsp3) is 0.471. The summed E-state index contributed by atoms with van der Waals surface area (Å²) in [6.45, 7) is 5.51. The van der Waals surface area contributed by atoms with Crippen molar-refractivity contribution in [3.05, 3.63) is 39.7 Å². The van der Waals surface area contributed by atoms with Gasteiger partial charge in [-0.15, -0.1) is 0 Å². The fourth-order valence-electron chi connectivity index (χ4n) is 2.42. The number of rotatable bonds is 6. The molecule has 0 saturated carbocycles. The highest BCUT2D eigenvalue weighted by Gasteiger charge is 2.12. The molecule has 0 atom stereocenters. The molecule has 0 aliphatic carbocycles. The van der Waals surface area contributed by atoms with Gasteiger partial charge in [-0.05, 0) is 31.5 Å². The van der Waals surface area contributed by atoms with E-state index >= 15 is 0 Å². The van der Waals surface area contributed by atoms with E-state index in [1.54, 1.807) is 0 Å². The molecule has 0 saturated heterocycles. The number of quaternary nitrogens is 1. The van der Waals surface area contributed by atoms with Crippen molar-refractivity contribution in [2.75, 3.05) is 20.7 Å². The van der Waals surface area contributed by atoms with Crippen molar-refractivity contribution < 1.29 is 9.64 Å². The number of nitrogens with one attached hydrogen (secondary N) is 2. The second kappa shape index (κ2) is 6.76. The summed E-state index contributed by atoms with van der Waals surface area (Å²) in [4.78, 5) is 17.2. The highest BCUT2D eigenvalue weighted by molar-refractivity contribution is 5.81. The van der Waals surface area contributed by atoms with Crippen LogP contribution in [0.5, 0.6) is 5.75 Å². The number of aryl methyl sites for hydroxylation is 1. The van der Waals surface area contributed by atoms with E-state index in [2.05, 4.69) is 11.9 Å². The van der Waals surface area contributed by atoms with Gasteiger partial charge in [-0.1, -0.05) is 13.3 Å². The molecule has 114 valence electrons. The average molecular weight is 289 g/mol. The van der Waals surface area contributed by atoms with Crippen molar-refractivity contribution in [1.82, 2.24) is 4.98 Å². The summed E-state index contributed by atoms with van der Waals surface area (Å²) in [5.41, 5.74) is 2.79. The molecule has 0 radical (unpaired) electrons. The number of ether oxygens (including phenoxy) is 1. The minimum absolute atomic E-state index is 0.114. The van der Waals surface area contributed by atoms with Crippen LogP contribution >= 0.6 is 0 Å². The van der Waals surface area contributed by atoms with Crippen molar-refractivity contribution >= 4 is 10.9 Å². The Morgan fingerprint density at radius 2 is 2.05 bits per heavy atom. The number of H-pyrrole nitrogens is 1. The maximum Gasteiger partial charge on any atom is 0.198 e. The summed E-state index contributed by atoms with van der Waals surface area (Å²) < 4.78 is 5.70. The molecule has 2 aromatic rings. The molecular weight excluding hydrogens is 264 g/mol. The van der Waals surface area contributed by atoms with Crippen LogP contribution in [0.3, 0.4) is 0 Å². The van der Waals surface area contributed by atoms with Crippen molar-refractivity contribution in [1.29, 1.82) is 0 Å². The van der Waals surface area contributed by atoms with Crippen LogP contribution in [-0.2, 0) is 6.54 Å². The second-order valence-electron chi connectivity index (χ2n) is 5.85. The molecule has 4 nitrogen and oxygen atoms in total. The Hall–Kier alpha value is -1.81. The topological polar surface area (TPSA) is 46.5 Å². The van der Waals surface area contributed by atoms with Crippen molar-refractivity contribution in [3.8, 4) is 5.75 Å². The summed E-state index contributed by atoms with van der Waals surface area (Å²) in [7, 11) is 4.10. The number of aromatic amines is 1. The van der Waals surface area contributed by atoms with E-state index in [1.807, 2.05) is 39.2 Å². The first-order chi connectivity index (χ1) is 10.0. The van der Waals surface area contributed by atoms with Crippen LogP contribution in [0, 0.1) is 6.92 Å². The molecule has 1 aromatic carbocycles. The number of hydrogen-bond donors (Lipinski definition) is 2. The van der Waals surface area contributed by atoms with Gasteiger partial charge in [0.2, 0.25) is 0 Å². The van der Waals surface area contributed by atoms with Crippen LogP contribution in [0.2, 0.25) is 0 Å². The third kappa shape index (κ3) is 3.64. The summed E-state index contributed by atoms with van der Waals surface area (Å²) in [5, 5.41) is 0.714. The number of unbranched alkanes of at least 4 members (excludes halogenated alkanes) is 1. The first kappa shape index (κ1) is 15.6. The van der Waals surface area contributed by atoms with Gasteiger partial charge in [-0.25, -0.2) is 0 Å². The van der Waals surface area contributed by atoms with Gasteiger partial charge in [0, 0.05) is 16.6 Å². The fourth-order valence-corrected chi connectivity index (χ4v) is 2.42. The number of fused-ring (bicyclic) bond motifs is 1. The van der Waals surface area contributed by atoms with Crippen LogP contribution in [0.1, 0.15) is 31.0 Å². The summed E-state index contributed by atoms with van der Waals surface area (Å²) in [5.74, 6) is 0.772. The molecule has 2 rings (SSSR count). The summed E-state index contributed by atoms with van der Waals surface area (Å²) in [6.07, 6.45) is 2.13. The van der Waals surface area contributed by atoms with E-state index in [0.717, 1.165) is 41.9 Å². The Bertz CT molecular complexity index is 674. The average Bonchev–Trinajstić information content (AvgIpc) is 2.44. The Labute approximate surface area is 125 Å². The summed E-state index contributed by atoms with van der Waals surface area (Å²) >= 11 is 0. The Morgan fingerprint density at radius 3 is 2.71 bits per heavy atom. The molecule has 1 aromatic heterocycles. The van der Waals surface area contributed by atoms with Gasteiger partial charge in [-0.2, -0.15) is 0 Å². The molecule has 0 bridgehead atoms.